The maximum absolute atomic E-state index is 12.3. The third kappa shape index (κ3) is 3.71. The quantitative estimate of drug-likeness (QED) is 0.800. The van der Waals surface area contributed by atoms with Gasteiger partial charge in [0.1, 0.15) is 6.61 Å². The van der Waals surface area contributed by atoms with Crippen LogP contribution in [0, 0.1) is 11.8 Å². The first kappa shape index (κ1) is 15.6. The summed E-state index contributed by atoms with van der Waals surface area (Å²) in [4.78, 5) is 16.3. The van der Waals surface area contributed by atoms with Gasteiger partial charge in [0.15, 0.2) is 0 Å². The minimum absolute atomic E-state index is 0.0170. The molecule has 1 aromatic rings. The zero-order chi connectivity index (χ0) is 15.4. The number of ether oxygens (including phenoxy) is 2. The smallest absolute Gasteiger partial charge is 0.310 e. The van der Waals surface area contributed by atoms with Crippen molar-refractivity contribution in [3.63, 3.8) is 0 Å². The maximum atomic E-state index is 12.3. The predicted octanol–water partition coefficient (Wildman–Crippen LogP) is 0.979. The SMILES string of the molecule is COc1cc(COC(=O)C2CSC3NCNCC3C2)ccn1. The molecule has 2 fully saturated rings. The van der Waals surface area contributed by atoms with E-state index in [0.717, 1.165) is 31.0 Å². The molecule has 3 atom stereocenters. The number of thioether (sulfide) groups is 1. The van der Waals surface area contributed by atoms with Crippen LogP contribution >= 0.6 is 11.8 Å². The molecular formula is C15H21N3O3S. The summed E-state index contributed by atoms with van der Waals surface area (Å²) < 4.78 is 10.5. The maximum Gasteiger partial charge on any atom is 0.310 e. The van der Waals surface area contributed by atoms with Crippen LogP contribution in [0.4, 0.5) is 0 Å². The van der Waals surface area contributed by atoms with Gasteiger partial charge >= 0.3 is 5.97 Å². The first-order valence-corrected chi connectivity index (χ1v) is 8.52. The molecule has 3 unspecified atom stereocenters. The van der Waals surface area contributed by atoms with Crippen LogP contribution in [-0.2, 0) is 16.1 Å². The van der Waals surface area contributed by atoms with Crippen LogP contribution in [0.5, 0.6) is 5.88 Å². The van der Waals surface area contributed by atoms with Crippen molar-refractivity contribution in [2.24, 2.45) is 11.8 Å². The van der Waals surface area contributed by atoms with Crippen molar-refractivity contribution in [1.82, 2.24) is 15.6 Å². The molecule has 1 aromatic heterocycles. The first-order valence-electron chi connectivity index (χ1n) is 7.47. The zero-order valence-electron chi connectivity index (χ0n) is 12.6. The van der Waals surface area contributed by atoms with Crippen molar-refractivity contribution in [3.8, 4) is 5.88 Å². The number of pyridine rings is 1. The fourth-order valence-electron chi connectivity index (χ4n) is 2.85. The molecule has 6 nitrogen and oxygen atoms in total. The predicted molar refractivity (Wildman–Crippen MR) is 84.4 cm³/mol. The number of fused-ring (bicyclic) bond motifs is 1. The molecule has 3 rings (SSSR count). The molecule has 120 valence electrons. The summed E-state index contributed by atoms with van der Waals surface area (Å²) >= 11 is 1.83. The van der Waals surface area contributed by atoms with Gasteiger partial charge in [0.05, 0.1) is 18.4 Å². The average Bonchev–Trinajstić information content (AvgIpc) is 2.59. The second-order valence-corrected chi connectivity index (χ2v) is 6.77. The molecule has 2 aliphatic heterocycles. The molecule has 0 aromatic carbocycles. The number of carbonyl (C=O) groups excluding carboxylic acids is 1. The van der Waals surface area contributed by atoms with Crippen molar-refractivity contribution in [1.29, 1.82) is 0 Å². The summed E-state index contributed by atoms with van der Waals surface area (Å²) in [7, 11) is 1.57. The summed E-state index contributed by atoms with van der Waals surface area (Å²) in [5.74, 6) is 1.73. The molecule has 0 saturated carbocycles. The number of hydrogen-bond donors (Lipinski definition) is 2. The van der Waals surface area contributed by atoms with E-state index in [2.05, 4.69) is 15.6 Å². The Morgan fingerprint density at radius 3 is 3.32 bits per heavy atom. The van der Waals surface area contributed by atoms with E-state index in [4.69, 9.17) is 9.47 Å². The summed E-state index contributed by atoms with van der Waals surface area (Å²) in [5.41, 5.74) is 0.891. The Hall–Kier alpha value is -1.31. The Morgan fingerprint density at radius 1 is 1.55 bits per heavy atom. The molecular weight excluding hydrogens is 302 g/mol. The number of nitrogens with one attached hydrogen (secondary N) is 2. The fraction of sp³-hybridized carbons (Fsp3) is 0.600. The Labute approximate surface area is 134 Å². The number of carbonyl (C=O) groups is 1. The van der Waals surface area contributed by atoms with Crippen LogP contribution < -0.4 is 15.4 Å². The molecule has 0 bridgehead atoms. The van der Waals surface area contributed by atoms with Crippen molar-refractivity contribution < 1.29 is 14.3 Å². The zero-order valence-corrected chi connectivity index (χ0v) is 13.4. The summed E-state index contributed by atoms with van der Waals surface area (Å²) in [5, 5.41) is 7.21. The molecule has 2 saturated heterocycles. The number of nitrogens with zero attached hydrogens (tertiary/aromatic N) is 1. The minimum Gasteiger partial charge on any atom is -0.481 e. The second-order valence-electron chi connectivity index (χ2n) is 5.60. The number of hydrogen-bond acceptors (Lipinski definition) is 7. The lowest BCUT2D eigenvalue weighted by atomic mass is 9.93. The molecule has 0 radical (unpaired) electrons. The lowest BCUT2D eigenvalue weighted by Crippen LogP contribution is -2.53. The Morgan fingerprint density at radius 2 is 2.45 bits per heavy atom. The van der Waals surface area contributed by atoms with Gasteiger partial charge in [-0.2, -0.15) is 0 Å². The fourth-order valence-corrected chi connectivity index (χ4v) is 4.24. The Bertz CT molecular complexity index is 529. The minimum atomic E-state index is -0.104. The summed E-state index contributed by atoms with van der Waals surface area (Å²) in [6.07, 6.45) is 2.54. The van der Waals surface area contributed by atoms with E-state index < -0.39 is 0 Å². The van der Waals surface area contributed by atoms with Gasteiger partial charge < -0.3 is 14.8 Å². The second kappa shape index (κ2) is 7.30. The third-order valence-electron chi connectivity index (χ3n) is 4.05. The van der Waals surface area contributed by atoms with Gasteiger partial charge in [0.2, 0.25) is 5.88 Å². The van der Waals surface area contributed by atoms with Crippen LogP contribution in [0.1, 0.15) is 12.0 Å². The van der Waals surface area contributed by atoms with E-state index in [1.807, 2.05) is 17.8 Å². The van der Waals surface area contributed by atoms with E-state index in [9.17, 15) is 4.79 Å². The molecule has 7 heteroatoms. The number of esters is 1. The first-order chi connectivity index (χ1) is 10.8. The van der Waals surface area contributed by atoms with Crippen molar-refractivity contribution in [3.05, 3.63) is 23.9 Å². The van der Waals surface area contributed by atoms with Crippen LogP contribution in [0.25, 0.3) is 0 Å². The Balaban J connectivity index is 1.51. The largest absolute Gasteiger partial charge is 0.481 e. The Kier molecular flexibility index (Phi) is 5.17. The number of aromatic nitrogens is 1. The molecule has 0 amide bonds. The lowest BCUT2D eigenvalue weighted by molar-refractivity contribution is -0.149. The van der Waals surface area contributed by atoms with E-state index in [-0.39, 0.29) is 18.5 Å². The van der Waals surface area contributed by atoms with Gasteiger partial charge in [-0.25, -0.2) is 4.98 Å². The van der Waals surface area contributed by atoms with E-state index >= 15 is 0 Å². The van der Waals surface area contributed by atoms with Crippen molar-refractivity contribution >= 4 is 17.7 Å². The van der Waals surface area contributed by atoms with Crippen LogP contribution in [0.2, 0.25) is 0 Å². The summed E-state index contributed by atoms with van der Waals surface area (Å²) in [6.45, 7) is 2.09. The van der Waals surface area contributed by atoms with Gasteiger partial charge in [-0.3, -0.25) is 10.1 Å². The van der Waals surface area contributed by atoms with Gasteiger partial charge in [-0.05, 0) is 24.0 Å². The molecule has 0 spiro atoms. The van der Waals surface area contributed by atoms with E-state index in [1.165, 1.54) is 0 Å². The number of rotatable bonds is 4. The molecule has 3 heterocycles. The van der Waals surface area contributed by atoms with Crippen LogP contribution in [-0.4, -0.2) is 42.4 Å². The summed E-state index contributed by atoms with van der Waals surface area (Å²) in [6, 6.07) is 3.62. The van der Waals surface area contributed by atoms with Crippen molar-refractivity contribution in [2.45, 2.75) is 18.4 Å². The monoisotopic (exact) mass is 323 g/mol. The third-order valence-corrected chi connectivity index (χ3v) is 5.56. The van der Waals surface area contributed by atoms with E-state index in [1.54, 1.807) is 19.4 Å². The molecule has 2 N–H and O–H groups in total. The van der Waals surface area contributed by atoms with E-state index in [0.29, 0.717) is 17.2 Å². The highest BCUT2D eigenvalue weighted by Crippen LogP contribution is 2.34. The van der Waals surface area contributed by atoms with Gasteiger partial charge in [-0.15, -0.1) is 11.8 Å². The normalized spacial score (nSPS) is 27.8. The number of methoxy groups -OCH3 is 1. The molecule has 0 aliphatic carbocycles. The van der Waals surface area contributed by atoms with Crippen molar-refractivity contribution in [2.75, 3.05) is 26.1 Å². The molecule has 22 heavy (non-hydrogen) atoms. The highest BCUT2D eigenvalue weighted by molar-refractivity contribution is 7.99. The van der Waals surface area contributed by atoms with Gasteiger partial charge in [0.25, 0.3) is 0 Å². The highest BCUT2D eigenvalue weighted by atomic mass is 32.2. The standard InChI is InChI=1S/C15H21N3O3S/c1-20-13-4-10(2-3-17-13)7-21-15(19)12-5-11-6-16-9-18-14(11)22-8-12/h2-4,11-12,14,16,18H,5-9H2,1H3. The van der Waals surface area contributed by atoms with Gasteiger partial charge in [-0.1, -0.05) is 0 Å². The lowest BCUT2D eigenvalue weighted by Gasteiger charge is -2.38. The van der Waals surface area contributed by atoms with Crippen LogP contribution in [0.15, 0.2) is 18.3 Å². The topological polar surface area (TPSA) is 72.5 Å². The average molecular weight is 323 g/mol. The van der Waals surface area contributed by atoms with Gasteiger partial charge in [0, 0.05) is 31.2 Å². The highest BCUT2D eigenvalue weighted by Gasteiger charge is 2.36. The van der Waals surface area contributed by atoms with Crippen LogP contribution in [0.3, 0.4) is 0 Å². The molecule has 2 aliphatic rings.